The van der Waals surface area contributed by atoms with E-state index in [1.54, 1.807) is 29.2 Å². The monoisotopic (exact) mass is 361 g/mol. The van der Waals surface area contributed by atoms with Crippen molar-refractivity contribution >= 4 is 17.5 Å². The first kappa shape index (κ1) is 17.2. The zero-order valence-corrected chi connectivity index (χ0v) is 14.3. The average molecular weight is 362 g/mol. The fourth-order valence-corrected chi connectivity index (χ4v) is 2.57. The molecule has 0 saturated carbocycles. The van der Waals surface area contributed by atoms with Crippen molar-refractivity contribution in [2.45, 2.75) is 25.9 Å². The van der Waals surface area contributed by atoms with Crippen LogP contribution in [0.4, 0.5) is 10.3 Å². The molecule has 8 heteroatoms. The summed E-state index contributed by atoms with van der Waals surface area (Å²) in [6.45, 7) is 2.94. The number of halogens is 2. The molecule has 2 heterocycles. The van der Waals surface area contributed by atoms with Crippen LogP contribution in [0, 0.1) is 5.82 Å². The third-order valence-corrected chi connectivity index (χ3v) is 3.90. The number of anilines is 1. The SMILES string of the molecule is CC(Cn1cc(Cl)cn1)c1cc(=O)[nH]c(NCc2ccc(F)cc2)n1. The summed E-state index contributed by atoms with van der Waals surface area (Å²) in [7, 11) is 0. The summed E-state index contributed by atoms with van der Waals surface area (Å²) in [5.41, 5.74) is 1.29. The molecule has 1 atom stereocenters. The van der Waals surface area contributed by atoms with Crippen molar-refractivity contribution in [2.24, 2.45) is 0 Å². The highest BCUT2D eigenvalue weighted by atomic mass is 35.5. The lowest BCUT2D eigenvalue weighted by Crippen LogP contribution is -2.17. The van der Waals surface area contributed by atoms with Crippen molar-refractivity contribution in [3.8, 4) is 0 Å². The Labute approximate surface area is 148 Å². The van der Waals surface area contributed by atoms with Gasteiger partial charge >= 0.3 is 0 Å². The predicted octanol–water partition coefficient (Wildman–Crippen LogP) is 3.17. The second kappa shape index (κ2) is 7.48. The Balaban J connectivity index is 1.71. The van der Waals surface area contributed by atoms with Crippen LogP contribution in [0.5, 0.6) is 0 Å². The van der Waals surface area contributed by atoms with Crippen molar-refractivity contribution in [3.05, 3.63) is 75.2 Å². The molecule has 0 aliphatic rings. The van der Waals surface area contributed by atoms with Gasteiger partial charge in [-0.25, -0.2) is 9.37 Å². The van der Waals surface area contributed by atoms with E-state index in [2.05, 4.69) is 20.4 Å². The second-order valence-electron chi connectivity index (χ2n) is 5.78. The van der Waals surface area contributed by atoms with Crippen molar-refractivity contribution in [2.75, 3.05) is 5.32 Å². The van der Waals surface area contributed by atoms with E-state index in [-0.39, 0.29) is 17.3 Å². The molecule has 3 rings (SSSR count). The molecule has 0 spiro atoms. The second-order valence-corrected chi connectivity index (χ2v) is 6.22. The smallest absolute Gasteiger partial charge is 0.252 e. The lowest BCUT2D eigenvalue weighted by Gasteiger charge is -2.13. The molecule has 0 saturated heterocycles. The van der Waals surface area contributed by atoms with Crippen LogP contribution in [0.15, 0.2) is 47.5 Å². The maximum Gasteiger partial charge on any atom is 0.252 e. The highest BCUT2D eigenvalue weighted by Crippen LogP contribution is 2.16. The number of hydrogen-bond donors (Lipinski definition) is 2. The Bertz CT molecular complexity index is 906. The number of nitrogens with one attached hydrogen (secondary N) is 2. The topological polar surface area (TPSA) is 75.6 Å². The number of aromatic amines is 1. The molecular weight excluding hydrogens is 345 g/mol. The minimum Gasteiger partial charge on any atom is -0.352 e. The average Bonchev–Trinajstić information content (AvgIpc) is 2.99. The van der Waals surface area contributed by atoms with E-state index in [0.717, 1.165) is 5.56 Å². The van der Waals surface area contributed by atoms with Gasteiger partial charge in [-0.05, 0) is 17.7 Å². The molecule has 0 radical (unpaired) electrons. The van der Waals surface area contributed by atoms with Crippen LogP contribution in [0.25, 0.3) is 0 Å². The Morgan fingerprint density at radius 2 is 2.12 bits per heavy atom. The van der Waals surface area contributed by atoms with E-state index in [9.17, 15) is 9.18 Å². The minimum atomic E-state index is -0.287. The normalized spacial score (nSPS) is 12.1. The first-order valence-corrected chi connectivity index (χ1v) is 8.15. The zero-order chi connectivity index (χ0) is 17.8. The number of rotatable bonds is 6. The van der Waals surface area contributed by atoms with Gasteiger partial charge in [0.25, 0.3) is 5.56 Å². The molecule has 3 aromatic rings. The van der Waals surface area contributed by atoms with E-state index in [1.165, 1.54) is 18.2 Å². The first-order chi connectivity index (χ1) is 12.0. The van der Waals surface area contributed by atoms with E-state index in [1.807, 2.05) is 6.92 Å². The van der Waals surface area contributed by atoms with Gasteiger partial charge in [0.2, 0.25) is 5.95 Å². The third-order valence-electron chi connectivity index (χ3n) is 3.70. The van der Waals surface area contributed by atoms with Gasteiger partial charge in [-0.15, -0.1) is 0 Å². The first-order valence-electron chi connectivity index (χ1n) is 7.77. The van der Waals surface area contributed by atoms with Crippen LogP contribution in [0.1, 0.15) is 24.1 Å². The summed E-state index contributed by atoms with van der Waals surface area (Å²) in [5.74, 6) is 0.0617. The number of H-pyrrole nitrogens is 1. The van der Waals surface area contributed by atoms with Crippen LogP contribution in [0.2, 0.25) is 5.02 Å². The molecule has 25 heavy (non-hydrogen) atoms. The molecule has 1 unspecified atom stereocenters. The maximum absolute atomic E-state index is 12.9. The molecule has 0 amide bonds. The summed E-state index contributed by atoms with van der Waals surface area (Å²) in [6, 6.07) is 7.60. The fourth-order valence-electron chi connectivity index (χ4n) is 2.41. The van der Waals surface area contributed by atoms with Gasteiger partial charge in [0.15, 0.2) is 0 Å². The molecule has 2 N–H and O–H groups in total. The molecule has 130 valence electrons. The number of nitrogens with zero attached hydrogens (tertiary/aromatic N) is 3. The molecule has 0 bridgehead atoms. The third kappa shape index (κ3) is 4.67. The van der Waals surface area contributed by atoms with Crippen LogP contribution in [0.3, 0.4) is 0 Å². The quantitative estimate of drug-likeness (QED) is 0.707. The minimum absolute atomic E-state index is 0.0235. The van der Waals surface area contributed by atoms with Gasteiger partial charge < -0.3 is 5.32 Å². The summed E-state index contributed by atoms with van der Waals surface area (Å²) < 4.78 is 14.6. The largest absolute Gasteiger partial charge is 0.352 e. The van der Waals surface area contributed by atoms with Gasteiger partial charge in [0.1, 0.15) is 5.82 Å². The molecule has 2 aromatic heterocycles. The van der Waals surface area contributed by atoms with E-state index in [0.29, 0.717) is 29.8 Å². The van der Waals surface area contributed by atoms with Crippen molar-refractivity contribution < 1.29 is 4.39 Å². The summed E-state index contributed by atoms with van der Waals surface area (Å²) in [5, 5.41) is 7.75. The Morgan fingerprint density at radius 3 is 2.80 bits per heavy atom. The van der Waals surface area contributed by atoms with Crippen molar-refractivity contribution in [1.29, 1.82) is 0 Å². The summed E-state index contributed by atoms with van der Waals surface area (Å²) >= 11 is 5.86. The molecule has 0 aliphatic carbocycles. The summed E-state index contributed by atoms with van der Waals surface area (Å²) in [6.07, 6.45) is 3.29. The van der Waals surface area contributed by atoms with Crippen molar-refractivity contribution in [3.63, 3.8) is 0 Å². The van der Waals surface area contributed by atoms with Gasteiger partial charge in [-0.2, -0.15) is 5.10 Å². The van der Waals surface area contributed by atoms with E-state index < -0.39 is 0 Å². The number of benzene rings is 1. The highest BCUT2D eigenvalue weighted by molar-refractivity contribution is 6.30. The lowest BCUT2D eigenvalue weighted by atomic mass is 10.1. The van der Waals surface area contributed by atoms with Crippen LogP contribution in [-0.2, 0) is 13.1 Å². The zero-order valence-electron chi connectivity index (χ0n) is 13.5. The standard InChI is InChI=1S/C17H17ClFN5O/c1-11(9-24-10-13(18)8-21-24)15-6-16(25)23-17(22-15)20-7-12-2-4-14(19)5-3-12/h2-6,8,10-11H,7,9H2,1H3,(H2,20,22,23,25). The lowest BCUT2D eigenvalue weighted by molar-refractivity contribution is 0.533. The fraction of sp³-hybridized carbons (Fsp3) is 0.235. The number of aromatic nitrogens is 4. The molecule has 1 aromatic carbocycles. The Morgan fingerprint density at radius 1 is 1.36 bits per heavy atom. The molecule has 0 fully saturated rings. The van der Waals surface area contributed by atoms with Crippen LogP contribution in [-0.4, -0.2) is 19.7 Å². The highest BCUT2D eigenvalue weighted by Gasteiger charge is 2.11. The molecular formula is C17H17ClFN5O. The Kier molecular flexibility index (Phi) is 5.14. The molecule has 6 nitrogen and oxygen atoms in total. The maximum atomic E-state index is 12.9. The summed E-state index contributed by atoms with van der Waals surface area (Å²) in [4.78, 5) is 19.0. The van der Waals surface area contributed by atoms with Gasteiger partial charge in [0.05, 0.1) is 16.9 Å². The van der Waals surface area contributed by atoms with E-state index in [4.69, 9.17) is 11.6 Å². The predicted molar refractivity (Wildman–Crippen MR) is 94.2 cm³/mol. The van der Waals surface area contributed by atoms with Gasteiger partial charge in [-0.1, -0.05) is 30.7 Å². The van der Waals surface area contributed by atoms with Crippen LogP contribution < -0.4 is 10.9 Å². The van der Waals surface area contributed by atoms with Gasteiger partial charge in [0, 0.05) is 31.3 Å². The Hall–Kier alpha value is -2.67. The van der Waals surface area contributed by atoms with Crippen molar-refractivity contribution in [1.82, 2.24) is 19.7 Å². The number of hydrogen-bond acceptors (Lipinski definition) is 4. The van der Waals surface area contributed by atoms with Crippen LogP contribution >= 0.6 is 11.6 Å². The van der Waals surface area contributed by atoms with Gasteiger partial charge in [-0.3, -0.25) is 14.5 Å². The molecule has 0 aliphatic heterocycles. The van der Waals surface area contributed by atoms with E-state index >= 15 is 0 Å².